The third kappa shape index (κ3) is 5.42. The molecule has 4 nitrogen and oxygen atoms in total. The maximum absolute atomic E-state index is 12.1. The molecule has 2 rings (SSSR count). The molecule has 0 bridgehead atoms. The molecule has 1 unspecified atom stereocenters. The first-order valence-electron chi connectivity index (χ1n) is 7.36. The van der Waals surface area contributed by atoms with Crippen molar-refractivity contribution in [2.45, 2.75) is 32.4 Å². The van der Waals surface area contributed by atoms with Gasteiger partial charge < -0.3 is 10.1 Å². The molecule has 0 saturated carbocycles. The van der Waals surface area contributed by atoms with Gasteiger partial charge in [-0.15, -0.1) is 11.3 Å². The summed E-state index contributed by atoms with van der Waals surface area (Å²) in [6.07, 6.45) is 0.258. The van der Waals surface area contributed by atoms with E-state index in [1.54, 1.807) is 31.2 Å². The van der Waals surface area contributed by atoms with Crippen molar-refractivity contribution in [1.82, 2.24) is 5.32 Å². The van der Waals surface area contributed by atoms with Crippen molar-refractivity contribution in [2.75, 3.05) is 0 Å². The summed E-state index contributed by atoms with van der Waals surface area (Å²) in [5.41, 5.74) is 0.759. The van der Waals surface area contributed by atoms with Gasteiger partial charge in [0.2, 0.25) is 5.91 Å². The Balaban J connectivity index is 1.81. The van der Waals surface area contributed by atoms with Gasteiger partial charge in [0.15, 0.2) is 5.78 Å². The van der Waals surface area contributed by atoms with Crippen LogP contribution in [0.15, 0.2) is 41.8 Å². The predicted octanol–water partition coefficient (Wildman–Crippen LogP) is 4.19. The summed E-state index contributed by atoms with van der Waals surface area (Å²) < 4.78 is 28.5. The van der Waals surface area contributed by atoms with Crippen LogP contribution in [0.2, 0.25) is 0 Å². The van der Waals surface area contributed by atoms with Gasteiger partial charge in [0.1, 0.15) is 5.75 Å². The highest BCUT2D eigenvalue weighted by Crippen LogP contribution is 2.19. The second-order valence-corrected chi connectivity index (χ2v) is 6.08. The molecule has 0 saturated heterocycles. The van der Waals surface area contributed by atoms with Crippen molar-refractivity contribution in [3.05, 3.63) is 52.2 Å². The Labute approximate surface area is 142 Å². The van der Waals surface area contributed by atoms with E-state index in [1.165, 1.54) is 23.5 Å². The highest BCUT2D eigenvalue weighted by atomic mass is 32.1. The molecule has 128 valence electrons. The number of Topliss-reactive ketones (excluding diaryl/α,β-unsaturated/α-hetero) is 1. The number of alkyl halides is 2. The molecule has 1 atom stereocenters. The molecule has 1 heterocycles. The van der Waals surface area contributed by atoms with Crippen molar-refractivity contribution >= 4 is 23.0 Å². The molecule has 2 aromatic rings. The zero-order valence-corrected chi connectivity index (χ0v) is 13.8. The van der Waals surface area contributed by atoms with Gasteiger partial charge in [-0.25, -0.2) is 0 Å². The number of thiophene rings is 1. The average Bonchev–Trinajstić information content (AvgIpc) is 3.07. The Morgan fingerprint density at radius 3 is 2.46 bits per heavy atom. The molecule has 0 spiro atoms. The summed E-state index contributed by atoms with van der Waals surface area (Å²) in [4.78, 5) is 24.4. The number of hydrogen-bond donors (Lipinski definition) is 1. The summed E-state index contributed by atoms with van der Waals surface area (Å²) in [6, 6.07) is 9.29. The van der Waals surface area contributed by atoms with Gasteiger partial charge in [0, 0.05) is 12.8 Å². The Hall–Kier alpha value is -2.28. The first-order chi connectivity index (χ1) is 11.5. The molecule has 24 heavy (non-hydrogen) atoms. The van der Waals surface area contributed by atoms with Crippen LogP contribution in [0.3, 0.4) is 0 Å². The Morgan fingerprint density at radius 1 is 1.17 bits per heavy atom. The number of rotatable bonds is 8. The van der Waals surface area contributed by atoms with Gasteiger partial charge in [-0.05, 0) is 36.1 Å². The standard InChI is InChI=1S/C17H17F2NO3S/c1-11(12-4-6-13(7-5-12)23-17(18)19)20-16(22)9-8-14(21)15-3-2-10-24-15/h2-7,10-11,17H,8-9H2,1H3,(H,20,22). The molecule has 0 aliphatic rings. The molecular formula is C17H17F2NO3S. The Kier molecular flexibility index (Phi) is 6.43. The van der Waals surface area contributed by atoms with E-state index in [2.05, 4.69) is 10.1 Å². The summed E-state index contributed by atoms with van der Waals surface area (Å²) in [6.45, 7) is -1.09. The molecule has 0 aliphatic carbocycles. The minimum Gasteiger partial charge on any atom is -0.435 e. The number of carbonyl (C=O) groups excluding carboxylic acids is 2. The summed E-state index contributed by atoms with van der Waals surface area (Å²) in [7, 11) is 0. The van der Waals surface area contributed by atoms with Crippen molar-refractivity contribution in [1.29, 1.82) is 0 Å². The van der Waals surface area contributed by atoms with Gasteiger partial charge >= 0.3 is 6.61 Å². The minimum absolute atomic E-state index is 0.0543. The molecule has 0 radical (unpaired) electrons. The van der Waals surface area contributed by atoms with E-state index in [9.17, 15) is 18.4 Å². The zero-order chi connectivity index (χ0) is 17.5. The molecule has 0 fully saturated rings. The highest BCUT2D eigenvalue weighted by Gasteiger charge is 2.13. The second kappa shape index (κ2) is 8.54. The molecule has 1 aromatic carbocycles. The number of ketones is 1. The van der Waals surface area contributed by atoms with Crippen LogP contribution in [-0.2, 0) is 4.79 Å². The number of halogens is 2. The number of amides is 1. The smallest absolute Gasteiger partial charge is 0.387 e. The van der Waals surface area contributed by atoms with Crippen LogP contribution in [0, 0.1) is 0 Å². The van der Waals surface area contributed by atoms with E-state index in [4.69, 9.17) is 0 Å². The van der Waals surface area contributed by atoms with Gasteiger partial charge in [-0.3, -0.25) is 9.59 Å². The number of nitrogens with one attached hydrogen (secondary N) is 1. The van der Waals surface area contributed by atoms with Crippen molar-refractivity contribution in [3.8, 4) is 5.75 Å². The molecule has 0 aliphatic heterocycles. The normalized spacial score (nSPS) is 12.0. The van der Waals surface area contributed by atoms with Crippen LogP contribution in [0.5, 0.6) is 5.75 Å². The lowest BCUT2D eigenvalue weighted by molar-refractivity contribution is -0.121. The third-order valence-electron chi connectivity index (χ3n) is 3.36. The SMILES string of the molecule is CC(NC(=O)CCC(=O)c1cccs1)c1ccc(OC(F)F)cc1. The minimum atomic E-state index is -2.87. The van der Waals surface area contributed by atoms with E-state index in [-0.39, 0.29) is 36.3 Å². The molecular weight excluding hydrogens is 336 g/mol. The Morgan fingerprint density at radius 2 is 1.88 bits per heavy atom. The number of ether oxygens (including phenoxy) is 1. The van der Waals surface area contributed by atoms with Gasteiger partial charge in [0.25, 0.3) is 0 Å². The summed E-state index contributed by atoms with van der Waals surface area (Å²) in [5, 5.41) is 4.60. The molecule has 7 heteroatoms. The van der Waals surface area contributed by atoms with Crippen LogP contribution in [0.4, 0.5) is 8.78 Å². The Bertz CT molecular complexity index is 672. The lowest BCUT2D eigenvalue weighted by atomic mass is 10.1. The molecule has 1 aromatic heterocycles. The maximum atomic E-state index is 12.1. The van der Waals surface area contributed by atoms with Crippen LogP contribution in [0.1, 0.15) is 41.0 Å². The van der Waals surface area contributed by atoms with Crippen molar-refractivity contribution in [2.24, 2.45) is 0 Å². The fraction of sp³-hybridized carbons (Fsp3) is 0.294. The monoisotopic (exact) mass is 353 g/mol. The van der Waals surface area contributed by atoms with Crippen molar-refractivity contribution in [3.63, 3.8) is 0 Å². The predicted molar refractivity (Wildman–Crippen MR) is 87.5 cm³/mol. The fourth-order valence-electron chi connectivity index (χ4n) is 2.12. The summed E-state index contributed by atoms with van der Waals surface area (Å²) in [5.74, 6) is -0.226. The van der Waals surface area contributed by atoms with E-state index in [0.29, 0.717) is 4.88 Å². The van der Waals surface area contributed by atoms with Crippen LogP contribution in [-0.4, -0.2) is 18.3 Å². The van der Waals surface area contributed by atoms with Crippen LogP contribution < -0.4 is 10.1 Å². The molecule has 1 N–H and O–H groups in total. The van der Waals surface area contributed by atoms with E-state index in [1.807, 2.05) is 5.38 Å². The number of carbonyl (C=O) groups is 2. The number of hydrogen-bond acceptors (Lipinski definition) is 4. The summed E-state index contributed by atoms with van der Waals surface area (Å²) >= 11 is 1.35. The zero-order valence-electron chi connectivity index (χ0n) is 13.0. The second-order valence-electron chi connectivity index (χ2n) is 5.14. The first-order valence-corrected chi connectivity index (χ1v) is 8.24. The van der Waals surface area contributed by atoms with E-state index < -0.39 is 6.61 Å². The van der Waals surface area contributed by atoms with Crippen LogP contribution in [0.25, 0.3) is 0 Å². The highest BCUT2D eigenvalue weighted by molar-refractivity contribution is 7.12. The lowest BCUT2D eigenvalue weighted by Gasteiger charge is -2.15. The molecule has 1 amide bonds. The maximum Gasteiger partial charge on any atom is 0.387 e. The fourth-order valence-corrected chi connectivity index (χ4v) is 2.82. The lowest BCUT2D eigenvalue weighted by Crippen LogP contribution is -2.26. The van der Waals surface area contributed by atoms with Gasteiger partial charge in [-0.1, -0.05) is 18.2 Å². The van der Waals surface area contributed by atoms with E-state index in [0.717, 1.165) is 5.56 Å². The largest absolute Gasteiger partial charge is 0.435 e. The third-order valence-corrected chi connectivity index (χ3v) is 4.27. The topological polar surface area (TPSA) is 55.4 Å². The van der Waals surface area contributed by atoms with Crippen LogP contribution >= 0.6 is 11.3 Å². The average molecular weight is 353 g/mol. The van der Waals surface area contributed by atoms with Gasteiger partial charge in [0.05, 0.1) is 10.9 Å². The first kappa shape index (κ1) is 18.1. The number of benzene rings is 1. The van der Waals surface area contributed by atoms with Gasteiger partial charge in [-0.2, -0.15) is 8.78 Å². The quantitative estimate of drug-likeness (QED) is 0.724. The van der Waals surface area contributed by atoms with Crippen molar-refractivity contribution < 1.29 is 23.1 Å². The van der Waals surface area contributed by atoms with E-state index >= 15 is 0 Å².